The maximum atomic E-state index is 2.33. The van der Waals surface area contributed by atoms with Crippen molar-refractivity contribution >= 4 is 35.2 Å². The molecule has 0 radical (unpaired) electrons. The minimum absolute atomic E-state index is 0.262. The second-order valence-corrected chi connectivity index (χ2v) is 9.09. The van der Waals surface area contributed by atoms with E-state index in [1.54, 1.807) is 0 Å². The van der Waals surface area contributed by atoms with Gasteiger partial charge in [-0.1, -0.05) is 42.5 Å². The van der Waals surface area contributed by atoms with Gasteiger partial charge >= 0.3 is 0 Å². The smallest absolute Gasteiger partial charge is 0.0649 e. The zero-order valence-electron chi connectivity index (χ0n) is 12.0. The maximum absolute atomic E-state index is 2.33. The van der Waals surface area contributed by atoms with E-state index in [2.05, 4.69) is 75.4 Å². The lowest BCUT2D eigenvalue weighted by atomic mass is 10.0. The van der Waals surface area contributed by atoms with Gasteiger partial charge in [0.15, 0.2) is 0 Å². The summed E-state index contributed by atoms with van der Waals surface area (Å²) in [7, 11) is 0. The summed E-state index contributed by atoms with van der Waals surface area (Å²) in [4.78, 5) is 2.83. The maximum Gasteiger partial charge on any atom is 0.0649 e. The first kappa shape index (κ1) is 13.8. The third-order valence-corrected chi connectivity index (χ3v) is 6.04. The topological polar surface area (TPSA) is 0 Å². The number of hydrogen-bond donors (Lipinski definition) is 0. The van der Waals surface area contributed by atoms with Crippen LogP contribution in [0.5, 0.6) is 0 Å². The van der Waals surface area contributed by atoms with Gasteiger partial charge in [0.2, 0.25) is 0 Å². The van der Waals surface area contributed by atoms with Crippen molar-refractivity contribution in [2.75, 3.05) is 0 Å². The minimum atomic E-state index is 0.262. The third-order valence-electron chi connectivity index (χ3n) is 3.29. The molecule has 20 heavy (non-hydrogen) atoms. The lowest BCUT2D eigenvalue weighted by Crippen LogP contribution is -2.01. The molecule has 1 heterocycles. The summed E-state index contributed by atoms with van der Waals surface area (Å²) in [6.45, 7) is 6.76. The van der Waals surface area contributed by atoms with E-state index in [-0.39, 0.29) is 4.08 Å². The predicted octanol–water partition coefficient (Wildman–Crippen LogP) is 6.18. The average molecular weight is 298 g/mol. The van der Waals surface area contributed by atoms with Gasteiger partial charge in [0, 0.05) is 9.79 Å². The SMILES string of the molecule is C/C(=C\c1ccccc1)c1ccc2c(c1)SC(C)(C)S2. The van der Waals surface area contributed by atoms with E-state index >= 15 is 0 Å². The highest BCUT2D eigenvalue weighted by Crippen LogP contribution is 2.55. The molecule has 0 bridgehead atoms. The van der Waals surface area contributed by atoms with E-state index in [4.69, 9.17) is 0 Å². The molecule has 102 valence electrons. The van der Waals surface area contributed by atoms with E-state index in [0.717, 1.165) is 0 Å². The van der Waals surface area contributed by atoms with Crippen LogP contribution >= 0.6 is 23.5 Å². The van der Waals surface area contributed by atoms with Crippen molar-refractivity contribution in [3.8, 4) is 0 Å². The Morgan fingerprint density at radius 3 is 2.40 bits per heavy atom. The predicted molar refractivity (Wildman–Crippen MR) is 92.2 cm³/mol. The van der Waals surface area contributed by atoms with Gasteiger partial charge < -0.3 is 0 Å². The van der Waals surface area contributed by atoms with Crippen molar-refractivity contribution in [1.29, 1.82) is 0 Å². The molecular weight excluding hydrogens is 280 g/mol. The molecular formula is C18H18S2. The zero-order valence-corrected chi connectivity index (χ0v) is 13.6. The summed E-state index contributed by atoms with van der Waals surface area (Å²) in [5, 5.41) is 0. The first-order valence-electron chi connectivity index (χ1n) is 6.79. The lowest BCUT2D eigenvalue weighted by molar-refractivity contribution is 1.04. The summed E-state index contributed by atoms with van der Waals surface area (Å²) < 4.78 is 0.262. The minimum Gasteiger partial charge on any atom is -0.107 e. The van der Waals surface area contributed by atoms with Gasteiger partial charge in [0.1, 0.15) is 0 Å². The molecule has 1 aliphatic heterocycles. The number of fused-ring (bicyclic) bond motifs is 1. The Morgan fingerprint density at radius 2 is 1.65 bits per heavy atom. The molecule has 0 amide bonds. The van der Waals surface area contributed by atoms with Crippen LogP contribution in [0.2, 0.25) is 0 Å². The largest absolute Gasteiger partial charge is 0.107 e. The molecule has 0 saturated heterocycles. The van der Waals surface area contributed by atoms with E-state index in [9.17, 15) is 0 Å². The van der Waals surface area contributed by atoms with Crippen LogP contribution in [0.4, 0.5) is 0 Å². The lowest BCUT2D eigenvalue weighted by Gasteiger charge is -2.12. The van der Waals surface area contributed by atoms with Crippen molar-refractivity contribution < 1.29 is 0 Å². The Bertz CT molecular complexity index is 654. The molecule has 0 atom stereocenters. The van der Waals surface area contributed by atoms with Gasteiger partial charge in [-0.15, -0.1) is 23.5 Å². The molecule has 0 N–H and O–H groups in total. The van der Waals surface area contributed by atoms with Crippen LogP contribution in [0.3, 0.4) is 0 Å². The Balaban J connectivity index is 1.91. The first-order chi connectivity index (χ1) is 9.53. The van der Waals surface area contributed by atoms with Gasteiger partial charge in [-0.05, 0) is 49.6 Å². The van der Waals surface area contributed by atoms with Gasteiger partial charge in [0.25, 0.3) is 0 Å². The van der Waals surface area contributed by atoms with Crippen molar-refractivity contribution in [3.63, 3.8) is 0 Å². The number of benzene rings is 2. The fraction of sp³-hybridized carbons (Fsp3) is 0.222. The summed E-state index contributed by atoms with van der Waals surface area (Å²) in [5.41, 5.74) is 3.89. The highest BCUT2D eigenvalue weighted by atomic mass is 32.2. The Kier molecular flexibility index (Phi) is 3.70. The monoisotopic (exact) mass is 298 g/mol. The van der Waals surface area contributed by atoms with E-state index < -0.39 is 0 Å². The highest BCUT2D eigenvalue weighted by molar-refractivity contribution is 8.20. The fourth-order valence-corrected chi connectivity index (χ4v) is 5.02. The molecule has 1 aliphatic rings. The molecule has 3 rings (SSSR count). The average Bonchev–Trinajstić information content (AvgIpc) is 2.72. The van der Waals surface area contributed by atoms with Crippen molar-refractivity contribution in [3.05, 3.63) is 59.7 Å². The van der Waals surface area contributed by atoms with Crippen LogP contribution in [0.15, 0.2) is 58.3 Å². The third kappa shape index (κ3) is 2.97. The molecule has 0 fully saturated rings. The Morgan fingerprint density at radius 1 is 0.950 bits per heavy atom. The van der Waals surface area contributed by atoms with Gasteiger partial charge in [-0.2, -0.15) is 0 Å². The number of rotatable bonds is 2. The summed E-state index contributed by atoms with van der Waals surface area (Å²) >= 11 is 3.93. The molecule has 0 unspecified atom stereocenters. The van der Waals surface area contributed by atoms with Crippen molar-refractivity contribution in [2.24, 2.45) is 0 Å². The molecule has 0 aliphatic carbocycles. The van der Waals surface area contributed by atoms with Crippen LogP contribution in [-0.4, -0.2) is 4.08 Å². The molecule has 0 saturated carbocycles. The normalized spacial score (nSPS) is 17.1. The van der Waals surface area contributed by atoms with Crippen LogP contribution in [0, 0.1) is 0 Å². The van der Waals surface area contributed by atoms with E-state index in [1.807, 2.05) is 23.5 Å². The van der Waals surface area contributed by atoms with Crippen LogP contribution in [-0.2, 0) is 0 Å². The van der Waals surface area contributed by atoms with E-state index in [0.29, 0.717) is 0 Å². The van der Waals surface area contributed by atoms with Crippen LogP contribution < -0.4 is 0 Å². The van der Waals surface area contributed by atoms with Crippen LogP contribution in [0.25, 0.3) is 11.6 Å². The van der Waals surface area contributed by atoms with E-state index in [1.165, 1.54) is 26.5 Å². The van der Waals surface area contributed by atoms with Crippen LogP contribution in [0.1, 0.15) is 31.9 Å². The zero-order chi connectivity index (χ0) is 14.2. The highest BCUT2D eigenvalue weighted by Gasteiger charge is 2.30. The molecule has 0 spiro atoms. The van der Waals surface area contributed by atoms with Crippen molar-refractivity contribution in [2.45, 2.75) is 34.6 Å². The Labute approximate surface area is 129 Å². The van der Waals surface area contributed by atoms with Gasteiger partial charge in [-0.25, -0.2) is 0 Å². The summed E-state index contributed by atoms with van der Waals surface area (Å²) in [6, 6.07) is 17.3. The number of thioether (sulfide) groups is 2. The molecule has 0 aromatic heterocycles. The van der Waals surface area contributed by atoms with Gasteiger partial charge in [0.05, 0.1) is 4.08 Å². The molecule has 2 aromatic carbocycles. The standard InChI is InChI=1S/C18H18S2/c1-13(11-14-7-5-4-6-8-14)15-9-10-16-17(12-15)20-18(2,3)19-16/h4-12H,1-3H3/b13-11+. The molecule has 0 nitrogen and oxygen atoms in total. The number of allylic oxidation sites excluding steroid dienone is 1. The van der Waals surface area contributed by atoms with Gasteiger partial charge in [-0.3, -0.25) is 0 Å². The molecule has 2 aromatic rings. The number of hydrogen-bond acceptors (Lipinski definition) is 2. The van der Waals surface area contributed by atoms with Crippen molar-refractivity contribution in [1.82, 2.24) is 0 Å². The molecule has 2 heteroatoms. The fourth-order valence-electron chi connectivity index (χ4n) is 2.35. The second-order valence-electron chi connectivity index (χ2n) is 5.50. The quantitative estimate of drug-likeness (QED) is 0.607. The second kappa shape index (κ2) is 5.34. The first-order valence-corrected chi connectivity index (χ1v) is 8.43. The summed E-state index contributed by atoms with van der Waals surface area (Å²) in [6.07, 6.45) is 2.25. The summed E-state index contributed by atoms with van der Waals surface area (Å²) in [5.74, 6) is 0. The Hall–Kier alpha value is -1.12.